The van der Waals surface area contributed by atoms with Gasteiger partial charge in [0, 0.05) is 11.8 Å². The van der Waals surface area contributed by atoms with Crippen LogP contribution in [0.1, 0.15) is 17.3 Å². The van der Waals surface area contributed by atoms with Gasteiger partial charge < -0.3 is 10.1 Å². The summed E-state index contributed by atoms with van der Waals surface area (Å²) in [4.78, 5) is 26.9. The first-order chi connectivity index (χ1) is 9.65. The zero-order valence-corrected chi connectivity index (χ0v) is 11.0. The number of carbonyl (C=O) groups excluding carboxylic acids is 2. The van der Waals surface area contributed by atoms with Crippen LogP contribution in [0.4, 0.5) is 5.82 Å². The molecule has 1 amide bonds. The molecule has 20 heavy (non-hydrogen) atoms. The van der Waals surface area contributed by atoms with E-state index < -0.39 is 0 Å². The molecule has 5 heteroatoms. The molecule has 0 bridgehead atoms. The lowest BCUT2D eigenvalue weighted by molar-refractivity contribution is -0.118. The summed E-state index contributed by atoms with van der Waals surface area (Å²) in [6.45, 7) is 1.34. The van der Waals surface area contributed by atoms with Gasteiger partial charge in [0.2, 0.25) is 0 Å². The summed E-state index contributed by atoms with van der Waals surface area (Å²) < 4.78 is 5.34. The molecule has 0 saturated carbocycles. The molecule has 0 aliphatic rings. The van der Waals surface area contributed by atoms with E-state index in [9.17, 15) is 9.59 Å². The van der Waals surface area contributed by atoms with Crippen molar-refractivity contribution in [1.29, 1.82) is 0 Å². The summed E-state index contributed by atoms with van der Waals surface area (Å²) in [5, 5.41) is 2.61. The Morgan fingerprint density at radius 1 is 1.20 bits per heavy atom. The molecule has 0 aliphatic heterocycles. The van der Waals surface area contributed by atoms with Crippen LogP contribution in [-0.2, 0) is 4.79 Å². The minimum atomic E-state index is -0.308. The maximum Gasteiger partial charge on any atom is 0.263 e. The van der Waals surface area contributed by atoms with Crippen molar-refractivity contribution < 1.29 is 14.3 Å². The number of aromatic nitrogens is 1. The molecule has 1 heterocycles. The highest BCUT2D eigenvalue weighted by molar-refractivity contribution is 5.94. The molecule has 0 spiro atoms. The van der Waals surface area contributed by atoms with Crippen LogP contribution in [-0.4, -0.2) is 23.3 Å². The first-order valence-corrected chi connectivity index (χ1v) is 6.10. The summed E-state index contributed by atoms with van der Waals surface area (Å²) in [6.07, 6.45) is 1.59. The summed E-state index contributed by atoms with van der Waals surface area (Å²) >= 11 is 0. The van der Waals surface area contributed by atoms with Gasteiger partial charge in [-0.1, -0.05) is 18.2 Å². The third kappa shape index (κ3) is 3.91. The molecular weight excluding hydrogens is 256 g/mol. The average molecular weight is 270 g/mol. The summed E-state index contributed by atoms with van der Waals surface area (Å²) in [5.74, 6) is 0.595. The Morgan fingerprint density at radius 3 is 2.75 bits per heavy atom. The molecule has 1 aromatic carbocycles. The Kier molecular flexibility index (Phi) is 4.44. The van der Waals surface area contributed by atoms with Gasteiger partial charge in [0.15, 0.2) is 12.4 Å². The number of nitrogens with zero attached hydrogens (tertiary/aromatic N) is 1. The Morgan fingerprint density at radius 2 is 2.05 bits per heavy atom. The minimum Gasteiger partial charge on any atom is -0.484 e. The van der Waals surface area contributed by atoms with Crippen LogP contribution in [0.3, 0.4) is 0 Å². The molecule has 0 atom stereocenters. The number of anilines is 1. The molecule has 2 rings (SSSR count). The number of carbonyl (C=O) groups is 2. The fourth-order valence-corrected chi connectivity index (χ4v) is 1.57. The van der Waals surface area contributed by atoms with Gasteiger partial charge in [0.25, 0.3) is 5.91 Å². The van der Waals surface area contributed by atoms with Crippen molar-refractivity contribution in [3.63, 3.8) is 0 Å². The van der Waals surface area contributed by atoms with Crippen LogP contribution in [0.15, 0.2) is 48.7 Å². The SMILES string of the molecule is CC(=O)c1cccc(OCC(=O)Nc2ccccn2)c1. The first kappa shape index (κ1) is 13.7. The van der Waals surface area contributed by atoms with Crippen molar-refractivity contribution in [2.24, 2.45) is 0 Å². The molecule has 1 N–H and O–H groups in total. The molecular formula is C15H14N2O3. The van der Waals surface area contributed by atoms with Gasteiger partial charge in [-0.25, -0.2) is 4.98 Å². The van der Waals surface area contributed by atoms with E-state index in [1.807, 2.05) is 0 Å². The van der Waals surface area contributed by atoms with E-state index in [2.05, 4.69) is 10.3 Å². The molecule has 102 valence electrons. The fraction of sp³-hybridized carbons (Fsp3) is 0.133. The summed E-state index contributed by atoms with van der Waals surface area (Å²) in [7, 11) is 0. The third-order valence-electron chi connectivity index (χ3n) is 2.54. The highest BCUT2D eigenvalue weighted by Crippen LogP contribution is 2.13. The second kappa shape index (κ2) is 6.47. The average Bonchev–Trinajstić information content (AvgIpc) is 2.46. The fourth-order valence-electron chi connectivity index (χ4n) is 1.57. The minimum absolute atomic E-state index is 0.0478. The predicted molar refractivity (Wildman–Crippen MR) is 74.8 cm³/mol. The first-order valence-electron chi connectivity index (χ1n) is 6.10. The number of ketones is 1. The van der Waals surface area contributed by atoms with Crippen molar-refractivity contribution >= 4 is 17.5 Å². The Balaban J connectivity index is 1.90. The standard InChI is InChI=1S/C15H14N2O3/c1-11(18)12-5-4-6-13(9-12)20-10-15(19)17-14-7-2-3-8-16-14/h2-9H,10H2,1H3,(H,16,17,19). The van der Waals surface area contributed by atoms with Crippen LogP contribution in [0, 0.1) is 0 Å². The van der Waals surface area contributed by atoms with Crippen LogP contribution >= 0.6 is 0 Å². The van der Waals surface area contributed by atoms with Gasteiger partial charge in [-0.3, -0.25) is 9.59 Å². The van der Waals surface area contributed by atoms with E-state index in [1.54, 1.807) is 48.7 Å². The third-order valence-corrected chi connectivity index (χ3v) is 2.54. The number of rotatable bonds is 5. The number of Topliss-reactive ketones (excluding diaryl/α,β-unsaturated/α-hetero) is 1. The quantitative estimate of drug-likeness (QED) is 0.846. The number of pyridine rings is 1. The van der Waals surface area contributed by atoms with Crippen LogP contribution < -0.4 is 10.1 Å². The number of hydrogen-bond donors (Lipinski definition) is 1. The molecule has 1 aromatic heterocycles. The molecule has 0 fully saturated rings. The van der Waals surface area contributed by atoms with E-state index in [4.69, 9.17) is 4.74 Å². The van der Waals surface area contributed by atoms with Crippen molar-refractivity contribution in [3.8, 4) is 5.75 Å². The van der Waals surface area contributed by atoms with Gasteiger partial charge in [-0.15, -0.1) is 0 Å². The number of amides is 1. The number of nitrogens with one attached hydrogen (secondary N) is 1. The zero-order valence-electron chi connectivity index (χ0n) is 11.0. The zero-order chi connectivity index (χ0) is 14.4. The molecule has 0 unspecified atom stereocenters. The Hall–Kier alpha value is -2.69. The lowest BCUT2D eigenvalue weighted by Gasteiger charge is -2.07. The van der Waals surface area contributed by atoms with Crippen molar-refractivity contribution in [1.82, 2.24) is 4.98 Å². The van der Waals surface area contributed by atoms with Gasteiger partial charge in [-0.2, -0.15) is 0 Å². The van der Waals surface area contributed by atoms with E-state index in [0.717, 1.165) is 0 Å². The molecule has 2 aromatic rings. The van der Waals surface area contributed by atoms with E-state index in [0.29, 0.717) is 17.1 Å². The topological polar surface area (TPSA) is 68.3 Å². The smallest absolute Gasteiger partial charge is 0.263 e. The highest BCUT2D eigenvalue weighted by atomic mass is 16.5. The number of benzene rings is 1. The van der Waals surface area contributed by atoms with Crippen LogP contribution in [0.2, 0.25) is 0 Å². The highest BCUT2D eigenvalue weighted by Gasteiger charge is 2.05. The summed E-state index contributed by atoms with van der Waals surface area (Å²) in [5.41, 5.74) is 0.549. The monoisotopic (exact) mass is 270 g/mol. The number of hydrogen-bond acceptors (Lipinski definition) is 4. The lowest BCUT2D eigenvalue weighted by Crippen LogP contribution is -2.20. The van der Waals surface area contributed by atoms with Gasteiger partial charge in [-0.05, 0) is 31.2 Å². The van der Waals surface area contributed by atoms with Crippen molar-refractivity contribution in [2.45, 2.75) is 6.92 Å². The van der Waals surface area contributed by atoms with Gasteiger partial charge >= 0.3 is 0 Å². The molecule has 0 radical (unpaired) electrons. The van der Waals surface area contributed by atoms with Crippen LogP contribution in [0.25, 0.3) is 0 Å². The normalized spacial score (nSPS) is 9.85. The Labute approximate surface area is 116 Å². The molecule has 0 aliphatic carbocycles. The van der Waals surface area contributed by atoms with E-state index >= 15 is 0 Å². The second-order valence-electron chi connectivity index (χ2n) is 4.14. The number of ether oxygens (including phenoxy) is 1. The van der Waals surface area contributed by atoms with E-state index in [-0.39, 0.29) is 18.3 Å². The van der Waals surface area contributed by atoms with Crippen molar-refractivity contribution in [2.75, 3.05) is 11.9 Å². The Bertz CT molecular complexity index is 612. The van der Waals surface area contributed by atoms with Crippen molar-refractivity contribution in [3.05, 3.63) is 54.2 Å². The maximum absolute atomic E-state index is 11.7. The van der Waals surface area contributed by atoms with E-state index in [1.165, 1.54) is 6.92 Å². The van der Waals surface area contributed by atoms with Gasteiger partial charge in [0.1, 0.15) is 11.6 Å². The molecule has 0 saturated heterocycles. The second-order valence-corrected chi connectivity index (χ2v) is 4.14. The largest absolute Gasteiger partial charge is 0.484 e. The molecule has 5 nitrogen and oxygen atoms in total. The predicted octanol–water partition coefficient (Wildman–Crippen LogP) is 2.30. The van der Waals surface area contributed by atoms with Crippen LogP contribution in [0.5, 0.6) is 5.75 Å². The van der Waals surface area contributed by atoms with Gasteiger partial charge in [0.05, 0.1) is 0 Å². The lowest BCUT2D eigenvalue weighted by atomic mass is 10.1. The maximum atomic E-state index is 11.7. The summed E-state index contributed by atoms with van der Waals surface area (Å²) in [6, 6.07) is 11.9.